The van der Waals surface area contributed by atoms with Crippen LogP contribution in [0.2, 0.25) is 0 Å². The van der Waals surface area contributed by atoms with Crippen molar-refractivity contribution in [3.63, 3.8) is 0 Å². The van der Waals surface area contributed by atoms with Crippen LogP contribution in [0, 0.1) is 6.92 Å². The summed E-state index contributed by atoms with van der Waals surface area (Å²) in [5.41, 5.74) is 2.70. The Morgan fingerprint density at radius 3 is 2.05 bits per heavy atom. The average Bonchev–Trinajstić information content (AvgIpc) is 2.37. The highest BCUT2D eigenvalue weighted by Gasteiger charge is 2.14. The van der Waals surface area contributed by atoms with E-state index < -0.39 is 0 Å². The molecule has 1 amide bonds. The van der Waals surface area contributed by atoms with Gasteiger partial charge < -0.3 is 4.90 Å². The van der Waals surface area contributed by atoms with Gasteiger partial charge in [-0.3, -0.25) is 4.79 Å². The molecule has 0 bridgehead atoms. The van der Waals surface area contributed by atoms with E-state index in [1.807, 2.05) is 49.4 Å². The predicted molar refractivity (Wildman–Crippen MR) is 85.8 cm³/mol. The molecule has 0 aromatic heterocycles. The Labute approximate surface area is 129 Å². The molecule has 98 valence electrons. The lowest BCUT2D eigenvalue weighted by molar-refractivity contribution is 0.0993. The maximum atomic E-state index is 12.4. The summed E-state index contributed by atoms with van der Waals surface area (Å²) >= 11 is 6.79. The number of rotatable bonds is 2. The number of aryl methyl sites for hydroxylation is 1. The van der Waals surface area contributed by atoms with Crippen molar-refractivity contribution in [3.8, 4) is 0 Å². The second-order valence-electron chi connectivity index (χ2n) is 4.36. The van der Waals surface area contributed by atoms with Gasteiger partial charge in [-0.2, -0.15) is 0 Å². The smallest absolute Gasteiger partial charge is 0.258 e. The minimum absolute atomic E-state index is 0.0362. The van der Waals surface area contributed by atoms with Crippen LogP contribution in [0.3, 0.4) is 0 Å². The fourth-order valence-electron chi connectivity index (χ4n) is 1.76. The highest BCUT2D eigenvalue weighted by molar-refractivity contribution is 9.11. The molecular weight excluding hydrogens is 370 g/mol. The van der Waals surface area contributed by atoms with E-state index in [-0.39, 0.29) is 5.91 Å². The second kappa shape index (κ2) is 5.88. The number of carbonyl (C=O) groups is 1. The summed E-state index contributed by atoms with van der Waals surface area (Å²) in [6.07, 6.45) is 0. The Balaban J connectivity index is 2.30. The van der Waals surface area contributed by atoms with Crippen LogP contribution in [0.4, 0.5) is 5.69 Å². The van der Waals surface area contributed by atoms with Crippen LogP contribution in [0.5, 0.6) is 0 Å². The molecule has 0 radical (unpaired) electrons. The minimum Gasteiger partial charge on any atom is -0.311 e. The maximum Gasteiger partial charge on any atom is 0.258 e. The average molecular weight is 383 g/mol. The highest BCUT2D eigenvalue weighted by atomic mass is 79.9. The number of nitrogens with zero attached hydrogens (tertiary/aromatic N) is 1. The van der Waals surface area contributed by atoms with Crippen LogP contribution >= 0.6 is 31.9 Å². The molecule has 2 nitrogen and oxygen atoms in total. The molecule has 19 heavy (non-hydrogen) atoms. The standard InChI is InChI=1S/C15H13Br2NO/c1-10-3-5-14(6-4-10)18(2)15(19)11-7-12(16)9-13(17)8-11/h3-9H,1-2H3. The predicted octanol–water partition coefficient (Wildman–Crippen LogP) is 4.80. The van der Waals surface area contributed by atoms with Crippen molar-refractivity contribution in [2.24, 2.45) is 0 Å². The maximum absolute atomic E-state index is 12.4. The quantitative estimate of drug-likeness (QED) is 0.730. The number of anilines is 1. The number of halogens is 2. The summed E-state index contributed by atoms with van der Waals surface area (Å²) < 4.78 is 1.75. The molecule has 0 fully saturated rings. The van der Waals surface area contributed by atoms with Crippen LogP contribution in [0.1, 0.15) is 15.9 Å². The van der Waals surface area contributed by atoms with Gasteiger partial charge in [0.1, 0.15) is 0 Å². The number of amides is 1. The first-order chi connectivity index (χ1) is 8.97. The molecule has 2 aromatic carbocycles. The molecular formula is C15H13Br2NO. The van der Waals surface area contributed by atoms with Crippen molar-refractivity contribution in [2.45, 2.75) is 6.92 Å². The van der Waals surface area contributed by atoms with Crippen molar-refractivity contribution < 1.29 is 4.79 Å². The molecule has 0 saturated carbocycles. The summed E-state index contributed by atoms with van der Waals surface area (Å²) in [6.45, 7) is 2.02. The van der Waals surface area contributed by atoms with E-state index in [4.69, 9.17) is 0 Å². The topological polar surface area (TPSA) is 20.3 Å². The van der Waals surface area contributed by atoms with Crippen LogP contribution in [0.15, 0.2) is 51.4 Å². The lowest BCUT2D eigenvalue weighted by Gasteiger charge is -2.18. The van der Waals surface area contributed by atoms with Crippen molar-refractivity contribution in [1.29, 1.82) is 0 Å². The SMILES string of the molecule is Cc1ccc(N(C)C(=O)c2cc(Br)cc(Br)c2)cc1. The summed E-state index contributed by atoms with van der Waals surface area (Å²) in [5.74, 6) is -0.0362. The Kier molecular flexibility index (Phi) is 4.42. The summed E-state index contributed by atoms with van der Waals surface area (Å²) in [5, 5.41) is 0. The molecule has 0 unspecified atom stereocenters. The molecule has 0 atom stereocenters. The number of benzene rings is 2. The van der Waals surface area contributed by atoms with Gasteiger partial charge in [0.15, 0.2) is 0 Å². The summed E-state index contributed by atoms with van der Waals surface area (Å²) in [6, 6.07) is 13.4. The van der Waals surface area contributed by atoms with Crippen LogP contribution in [-0.2, 0) is 0 Å². The van der Waals surface area contributed by atoms with Crippen molar-refractivity contribution >= 4 is 43.5 Å². The lowest BCUT2D eigenvalue weighted by Crippen LogP contribution is -2.26. The highest BCUT2D eigenvalue weighted by Crippen LogP contribution is 2.23. The molecule has 2 aromatic rings. The first-order valence-corrected chi connectivity index (χ1v) is 7.37. The van der Waals surface area contributed by atoms with Gasteiger partial charge in [0.05, 0.1) is 0 Å². The van der Waals surface area contributed by atoms with Gasteiger partial charge in [-0.1, -0.05) is 49.6 Å². The van der Waals surface area contributed by atoms with E-state index >= 15 is 0 Å². The first kappa shape index (κ1) is 14.3. The Hall–Kier alpha value is -1.13. The second-order valence-corrected chi connectivity index (χ2v) is 6.19. The fraction of sp³-hybridized carbons (Fsp3) is 0.133. The number of hydrogen-bond donors (Lipinski definition) is 0. The minimum atomic E-state index is -0.0362. The van der Waals surface area contributed by atoms with Gasteiger partial charge in [0.2, 0.25) is 0 Å². The summed E-state index contributed by atoms with van der Waals surface area (Å²) in [4.78, 5) is 14.1. The third-order valence-electron chi connectivity index (χ3n) is 2.84. The van der Waals surface area contributed by atoms with Crippen molar-refractivity contribution in [3.05, 3.63) is 62.5 Å². The van der Waals surface area contributed by atoms with Gasteiger partial charge in [0.25, 0.3) is 5.91 Å². The Morgan fingerprint density at radius 1 is 1.00 bits per heavy atom. The zero-order chi connectivity index (χ0) is 14.0. The molecule has 4 heteroatoms. The van der Waals surface area contributed by atoms with E-state index in [1.165, 1.54) is 5.56 Å². The monoisotopic (exact) mass is 381 g/mol. The zero-order valence-corrected chi connectivity index (χ0v) is 13.8. The van der Waals surface area contributed by atoms with E-state index in [9.17, 15) is 4.79 Å². The molecule has 0 spiro atoms. The summed E-state index contributed by atoms with van der Waals surface area (Å²) in [7, 11) is 1.78. The van der Waals surface area contributed by atoms with Crippen molar-refractivity contribution in [1.82, 2.24) is 0 Å². The van der Waals surface area contributed by atoms with E-state index in [0.717, 1.165) is 14.6 Å². The first-order valence-electron chi connectivity index (χ1n) is 5.78. The fourth-order valence-corrected chi connectivity index (χ4v) is 3.05. The van der Waals surface area contributed by atoms with Crippen LogP contribution in [-0.4, -0.2) is 13.0 Å². The third-order valence-corrected chi connectivity index (χ3v) is 3.75. The molecule has 0 aliphatic heterocycles. The largest absolute Gasteiger partial charge is 0.311 e. The molecule has 0 aliphatic carbocycles. The van der Waals surface area contributed by atoms with Gasteiger partial charge in [-0.25, -0.2) is 0 Å². The molecule has 0 heterocycles. The Morgan fingerprint density at radius 2 is 1.53 bits per heavy atom. The van der Waals surface area contributed by atoms with Gasteiger partial charge in [-0.05, 0) is 37.3 Å². The molecule has 0 saturated heterocycles. The van der Waals surface area contributed by atoms with E-state index in [1.54, 1.807) is 11.9 Å². The third kappa shape index (κ3) is 3.45. The van der Waals surface area contributed by atoms with E-state index in [2.05, 4.69) is 31.9 Å². The number of carbonyl (C=O) groups excluding carboxylic acids is 1. The molecule has 0 aliphatic rings. The van der Waals surface area contributed by atoms with Crippen LogP contribution in [0.25, 0.3) is 0 Å². The van der Waals surface area contributed by atoms with E-state index in [0.29, 0.717) is 5.56 Å². The lowest BCUT2D eigenvalue weighted by atomic mass is 10.1. The van der Waals surface area contributed by atoms with Gasteiger partial charge in [-0.15, -0.1) is 0 Å². The normalized spacial score (nSPS) is 10.3. The van der Waals surface area contributed by atoms with Crippen molar-refractivity contribution in [2.75, 3.05) is 11.9 Å². The molecule has 2 rings (SSSR count). The molecule has 0 N–H and O–H groups in total. The number of hydrogen-bond acceptors (Lipinski definition) is 1. The zero-order valence-electron chi connectivity index (χ0n) is 10.7. The van der Waals surface area contributed by atoms with Gasteiger partial charge >= 0.3 is 0 Å². The van der Waals surface area contributed by atoms with Crippen LogP contribution < -0.4 is 4.90 Å². The Bertz CT molecular complexity index is 588. The van der Waals surface area contributed by atoms with Gasteiger partial charge in [0, 0.05) is 27.2 Å².